The zero-order chi connectivity index (χ0) is 11.6. The molecule has 0 aromatic heterocycles. The molecule has 1 unspecified atom stereocenters. The summed E-state index contributed by atoms with van der Waals surface area (Å²) in [5.41, 5.74) is 2.08. The number of hydrogen-bond acceptors (Lipinski definition) is 1. The second-order valence-corrected chi connectivity index (χ2v) is 4.41. The van der Waals surface area contributed by atoms with Crippen LogP contribution in [-0.4, -0.2) is 16.0 Å². The number of aliphatic carboxylic acids is 1. The number of benzene rings is 1. The summed E-state index contributed by atoms with van der Waals surface area (Å²) in [6.45, 7) is 0. The molecule has 0 bridgehead atoms. The molecule has 1 aliphatic carbocycles. The molecular formula is C13H11ClO2. The molecule has 2 rings (SSSR count). The lowest BCUT2D eigenvalue weighted by Crippen LogP contribution is -2.30. The fourth-order valence-electron chi connectivity index (χ4n) is 1.62. The Morgan fingerprint density at radius 3 is 2.50 bits per heavy atom. The lowest BCUT2D eigenvalue weighted by atomic mass is 9.92. The standard InChI is InChI=1S/C13H11ClO2/c14-13(12(15)16)8-6-11(7-9-13)10-4-2-1-3-5-10/h1-8H,9H2,(H,15,16). The molecule has 0 fully saturated rings. The Kier molecular flexibility index (Phi) is 2.84. The van der Waals surface area contributed by atoms with E-state index in [1.807, 2.05) is 36.4 Å². The van der Waals surface area contributed by atoms with Crippen molar-refractivity contribution in [2.24, 2.45) is 0 Å². The molecule has 0 saturated heterocycles. The lowest BCUT2D eigenvalue weighted by Gasteiger charge is -2.20. The van der Waals surface area contributed by atoms with E-state index in [0.717, 1.165) is 11.1 Å². The number of alkyl halides is 1. The van der Waals surface area contributed by atoms with E-state index in [9.17, 15) is 4.79 Å². The molecule has 0 saturated carbocycles. The lowest BCUT2D eigenvalue weighted by molar-refractivity contribution is -0.138. The Morgan fingerprint density at radius 2 is 2.00 bits per heavy atom. The summed E-state index contributed by atoms with van der Waals surface area (Å²) in [7, 11) is 0. The largest absolute Gasteiger partial charge is 0.480 e. The number of hydrogen-bond donors (Lipinski definition) is 1. The predicted octanol–water partition coefficient (Wildman–Crippen LogP) is 3.09. The van der Waals surface area contributed by atoms with Crippen LogP contribution in [0.4, 0.5) is 0 Å². The molecule has 1 aromatic carbocycles. The highest BCUT2D eigenvalue weighted by molar-refractivity contribution is 6.35. The van der Waals surface area contributed by atoms with Gasteiger partial charge in [0.05, 0.1) is 0 Å². The first-order valence-corrected chi connectivity index (χ1v) is 5.37. The smallest absolute Gasteiger partial charge is 0.329 e. The van der Waals surface area contributed by atoms with E-state index in [1.54, 1.807) is 12.2 Å². The minimum Gasteiger partial charge on any atom is -0.480 e. The van der Waals surface area contributed by atoms with Crippen LogP contribution in [0, 0.1) is 0 Å². The minimum atomic E-state index is -1.28. The van der Waals surface area contributed by atoms with E-state index < -0.39 is 10.8 Å². The SMILES string of the molecule is O=C(O)C1(Cl)C=CC(c2ccccc2)=CC1. The number of carbonyl (C=O) groups is 1. The molecule has 2 nitrogen and oxygen atoms in total. The van der Waals surface area contributed by atoms with Gasteiger partial charge >= 0.3 is 5.97 Å². The molecule has 1 N–H and O–H groups in total. The molecule has 3 heteroatoms. The van der Waals surface area contributed by atoms with Crippen LogP contribution in [0.5, 0.6) is 0 Å². The maximum absolute atomic E-state index is 10.9. The number of allylic oxidation sites excluding steroid dienone is 3. The van der Waals surface area contributed by atoms with Crippen molar-refractivity contribution >= 4 is 23.1 Å². The maximum atomic E-state index is 10.9. The summed E-state index contributed by atoms with van der Waals surface area (Å²) >= 11 is 5.93. The van der Waals surface area contributed by atoms with Crippen molar-refractivity contribution in [1.29, 1.82) is 0 Å². The Morgan fingerprint density at radius 1 is 1.31 bits per heavy atom. The van der Waals surface area contributed by atoms with Crippen LogP contribution in [0.3, 0.4) is 0 Å². The average Bonchev–Trinajstić information content (AvgIpc) is 2.31. The van der Waals surface area contributed by atoms with Crippen LogP contribution >= 0.6 is 11.6 Å². The first-order valence-electron chi connectivity index (χ1n) is 4.99. The van der Waals surface area contributed by atoms with Crippen LogP contribution in [0.1, 0.15) is 12.0 Å². The first kappa shape index (κ1) is 11.0. The average molecular weight is 235 g/mol. The van der Waals surface area contributed by atoms with Crippen LogP contribution in [0.25, 0.3) is 5.57 Å². The van der Waals surface area contributed by atoms with Gasteiger partial charge in [-0.2, -0.15) is 0 Å². The van der Waals surface area contributed by atoms with Gasteiger partial charge in [0.15, 0.2) is 4.87 Å². The maximum Gasteiger partial charge on any atom is 0.329 e. The highest BCUT2D eigenvalue weighted by atomic mass is 35.5. The van der Waals surface area contributed by atoms with Gasteiger partial charge in [-0.25, -0.2) is 4.79 Å². The summed E-state index contributed by atoms with van der Waals surface area (Å²) in [4.78, 5) is 9.63. The zero-order valence-electron chi connectivity index (χ0n) is 8.56. The summed E-state index contributed by atoms with van der Waals surface area (Å²) in [5.74, 6) is -1.01. The van der Waals surface area contributed by atoms with E-state index in [-0.39, 0.29) is 0 Å². The van der Waals surface area contributed by atoms with Crippen molar-refractivity contribution in [2.75, 3.05) is 0 Å². The van der Waals surface area contributed by atoms with Crippen LogP contribution < -0.4 is 0 Å². The van der Waals surface area contributed by atoms with Gasteiger partial charge in [0, 0.05) is 0 Å². The van der Waals surface area contributed by atoms with Gasteiger partial charge in [-0.3, -0.25) is 0 Å². The highest BCUT2D eigenvalue weighted by Crippen LogP contribution is 2.31. The number of rotatable bonds is 2. The molecule has 0 amide bonds. The molecule has 0 aliphatic heterocycles. The van der Waals surface area contributed by atoms with Gasteiger partial charge in [-0.15, -0.1) is 11.6 Å². The molecular weight excluding hydrogens is 224 g/mol. The number of carboxylic acid groups (broad SMARTS) is 1. The Labute approximate surface area is 98.9 Å². The van der Waals surface area contributed by atoms with E-state index in [4.69, 9.17) is 16.7 Å². The minimum absolute atomic E-state index is 0.310. The molecule has 0 heterocycles. The number of halogens is 1. The van der Waals surface area contributed by atoms with Crippen molar-refractivity contribution in [1.82, 2.24) is 0 Å². The second-order valence-electron chi connectivity index (χ2n) is 3.73. The predicted molar refractivity (Wildman–Crippen MR) is 64.4 cm³/mol. The van der Waals surface area contributed by atoms with Crippen LogP contribution in [0.2, 0.25) is 0 Å². The van der Waals surface area contributed by atoms with E-state index in [1.165, 1.54) is 0 Å². The van der Waals surface area contributed by atoms with Crippen LogP contribution in [-0.2, 0) is 4.79 Å². The Hall–Kier alpha value is -1.54. The molecule has 0 radical (unpaired) electrons. The van der Waals surface area contributed by atoms with E-state index in [2.05, 4.69) is 0 Å². The Bertz CT molecular complexity index is 462. The van der Waals surface area contributed by atoms with Crippen molar-refractivity contribution in [3.8, 4) is 0 Å². The monoisotopic (exact) mass is 234 g/mol. The molecule has 1 aliphatic rings. The topological polar surface area (TPSA) is 37.3 Å². The number of carboxylic acids is 1. The molecule has 0 spiro atoms. The summed E-state index contributed by atoms with van der Waals surface area (Å²) < 4.78 is 0. The van der Waals surface area contributed by atoms with Gasteiger partial charge in [0.1, 0.15) is 0 Å². The van der Waals surface area contributed by atoms with Gasteiger partial charge < -0.3 is 5.11 Å². The quantitative estimate of drug-likeness (QED) is 0.799. The summed E-state index contributed by atoms with van der Waals surface area (Å²) in [6, 6.07) is 9.81. The van der Waals surface area contributed by atoms with Crippen molar-refractivity contribution in [3.05, 3.63) is 54.1 Å². The Balaban J connectivity index is 2.23. The first-order chi connectivity index (χ1) is 7.62. The molecule has 82 valence electrons. The van der Waals surface area contributed by atoms with Gasteiger partial charge in [0.25, 0.3) is 0 Å². The fraction of sp³-hybridized carbons (Fsp3) is 0.154. The van der Waals surface area contributed by atoms with Crippen molar-refractivity contribution < 1.29 is 9.90 Å². The normalized spacial score (nSPS) is 23.9. The van der Waals surface area contributed by atoms with Crippen LogP contribution in [0.15, 0.2) is 48.6 Å². The molecule has 1 atom stereocenters. The third-order valence-corrected chi connectivity index (χ3v) is 3.05. The zero-order valence-corrected chi connectivity index (χ0v) is 9.32. The van der Waals surface area contributed by atoms with Gasteiger partial charge in [-0.1, -0.05) is 48.6 Å². The van der Waals surface area contributed by atoms with Crippen molar-refractivity contribution in [3.63, 3.8) is 0 Å². The second kappa shape index (κ2) is 4.14. The summed E-state index contributed by atoms with van der Waals surface area (Å²) in [6.07, 6.45) is 5.47. The fourth-order valence-corrected chi connectivity index (χ4v) is 1.76. The third kappa shape index (κ3) is 2.02. The van der Waals surface area contributed by atoms with Gasteiger partial charge in [0.2, 0.25) is 0 Å². The summed E-state index contributed by atoms with van der Waals surface area (Å²) in [5, 5.41) is 8.94. The highest BCUT2D eigenvalue weighted by Gasteiger charge is 2.33. The van der Waals surface area contributed by atoms with Crippen molar-refractivity contribution in [2.45, 2.75) is 11.3 Å². The third-order valence-electron chi connectivity index (χ3n) is 2.61. The molecule has 16 heavy (non-hydrogen) atoms. The van der Waals surface area contributed by atoms with E-state index >= 15 is 0 Å². The van der Waals surface area contributed by atoms with Gasteiger partial charge in [-0.05, 0) is 17.6 Å². The van der Waals surface area contributed by atoms with E-state index in [0.29, 0.717) is 6.42 Å². The molecule has 1 aromatic rings.